The first-order valence-corrected chi connectivity index (χ1v) is 5.12. The van der Waals surface area contributed by atoms with Crippen LogP contribution in [0.3, 0.4) is 0 Å². The van der Waals surface area contributed by atoms with Crippen molar-refractivity contribution in [1.29, 1.82) is 0 Å². The van der Waals surface area contributed by atoms with Gasteiger partial charge in [0, 0.05) is 12.1 Å². The molecule has 2 rings (SSSR count). The van der Waals surface area contributed by atoms with Gasteiger partial charge in [-0.3, -0.25) is 0 Å². The molecule has 18 heavy (non-hydrogen) atoms. The van der Waals surface area contributed by atoms with Crippen molar-refractivity contribution >= 4 is 11.7 Å². The quantitative estimate of drug-likeness (QED) is 0.828. The van der Waals surface area contributed by atoms with Crippen LogP contribution in [0.2, 0.25) is 0 Å². The molecule has 0 aliphatic carbocycles. The highest BCUT2D eigenvalue weighted by atomic mass is 19.4. The van der Waals surface area contributed by atoms with Crippen LogP contribution >= 0.6 is 0 Å². The molecule has 0 radical (unpaired) electrons. The number of rotatable bonds is 2. The van der Waals surface area contributed by atoms with Gasteiger partial charge in [-0.05, 0) is 23.8 Å². The van der Waals surface area contributed by atoms with Gasteiger partial charge in [0.15, 0.2) is 0 Å². The number of alkyl halides is 3. The number of esters is 1. The molecule has 1 aliphatic heterocycles. The van der Waals surface area contributed by atoms with Gasteiger partial charge in [0.2, 0.25) is 0 Å². The van der Waals surface area contributed by atoms with Crippen molar-refractivity contribution in [3.05, 3.63) is 23.8 Å². The zero-order valence-corrected chi connectivity index (χ0v) is 9.38. The summed E-state index contributed by atoms with van der Waals surface area (Å²) in [6.07, 6.45) is -4.45. The number of hydrogen-bond acceptors (Lipinski definition) is 4. The second kappa shape index (κ2) is 4.40. The maximum absolute atomic E-state index is 12.0. The summed E-state index contributed by atoms with van der Waals surface area (Å²) in [6, 6.07) is 3.34. The number of halogens is 3. The molecule has 7 heteroatoms. The monoisotopic (exact) mass is 261 g/mol. The molecule has 1 N–H and O–H groups in total. The normalized spacial score (nSPS) is 17.9. The Morgan fingerprint density at radius 1 is 1.44 bits per heavy atom. The van der Waals surface area contributed by atoms with Crippen LogP contribution in [-0.2, 0) is 16.0 Å². The van der Waals surface area contributed by atoms with Gasteiger partial charge in [0.25, 0.3) is 0 Å². The smallest absolute Gasteiger partial charge is 0.467 e. The molecule has 1 aliphatic rings. The number of nitrogens with one attached hydrogen (secondary N) is 1. The Hall–Kier alpha value is -1.92. The van der Waals surface area contributed by atoms with E-state index in [1.165, 1.54) is 25.3 Å². The second-order valence-corrected chi connectivity index (χ2v) is 3.79. The minimum absolute atomic E-state index is 0.275. The Bertz CT molecular complexity index is 473. The van der Waals surface area contributed by atoms with Crippen LogP contribution in [-0.4, -0.2) is 25.5 Å². The van der Waals surface area contributed by atoms with Crippen LogP contribution in [0, 0.1) is 0 Å². The predicted molar refractivity (Wildman–Crippen MR) is 56.3 cm³/mol. The molecule has 98 valence electrons. The van der Waals surface area contributed by atoms with Gasteiger partial charge in [0.05, 0.1) is 7.11 Å². The lowest BCUT2D eigenvalue weighted by Crippen LogP contribution is -2.27. The van der Waals surface area contributed by atoms with E-state index in [0.717, 1.165) is 0 Å². The molecule has 0 amide bonds. The number of carbonyl (C=O) groups excluding carboxylic acids is 1. The number of fused-ring (bicyclic) bond motifs is 1. The van der Waals surface area contributed by atoms with Gasteiger partial charge in [-0.2, -0.15) is 0 Å². The highest BCUT2D eigenvalue weighted by Gasteiger charge is 2.32. The van der Waals surface area contributed by atoms with Crippen molar-refractivity contribution < 1.29 is 27.4 Å². The first kappa shape index (κ1) is 12.5. The van der Waals surface area contributed by atoms with Crippen LogP contribution in [0.5, 0.6) is 5.75 Å². The zero-order valence-electron chi connectivity index (χ0n) is 9.38. The maximum Gasteiger partial charge on any atom is 0.573 e. The van der Waals surface area contributed by atoms with Gasteiger partial charge >= 0.3 is 12.3 Å². The lowest BCUT2D eigenvalue weighted by molar-refractivity contribution is -0.274. The fourth-order valence-corrected chi connectivity index (χ4v) is 1.82. The molecule has 0 spiro atoms. The number of anilines is 1. The largest absolute Gasteiger partial charge is 0.573 e. The van der Waals surface area contributed by atoms with Gasteiger partial charge in [-0.15, -0.1) is 13.2 Å². The molecule has 0 bridgehead atoms. The van der Waals surface area contributed by atoms with E-state index in [-0.39, 0.29) is 12.2 Å². The molecule has 1 aromatic carbocycles. The van der Waals surface area contributed by atoms with E-state index in [4.69, 9.17) is 0 Å². The molecule has 4 nitrogen and oxygen atoms in total. The Morgan fingerprint density at radius 2 is 2.17 bits per heavy atom. The lowest BCUT2D eigenvalue weighted by Gasteiger charge is -2.09. The van der Waals surface area contributed by atoms with Gasteiger partial charge in [-0.25, -0.2) is 4.79 Å². The highest BCUT2D eigenvalue weighted by molar-refractivity contribution is 5.82. The highest BCUT2D eigenvalue weighted by Crippen LogP contribution is 2.32. The van der Waals surface area contributed by atoms with E-state index in [0.29, 0.717) is 11.3 Å². The van der Waals surface area contributed by atoms with Crippen LogP contribution in [0.25, 0.3) is 0 Å². The molecule has 1 aromatic rings. The standard InChI is InChI=1S/C11H10F3NO3/c1-17-10(16)9-5-6-4-7(18-11(12,13)14)2-3-8(6)15-9/h2-4,9,15H,5H2,1H3. The number of benzene rings is 1. The average Bonchev–Trinajstić information content (AvgIpc) is 2.68. The number of methoxy groups -OCH3 is 1. The molecule has 0 fully saturated rings. The van der Waals surface area contributed by atoms with E-state index in [1.807, 2.05) is 0 Å². The number of ether oxygens (including phenoxy) is 2. The fraction of sp³-hybridized carbons (Fsp3) is 0.364. The minimum atomic E-state index is -4.72. The summed E-state index contributed by atoms with van der Waals surface area (Å²) < 4.78 is 44.5. The van der Waals surface area contributed by atoms with Crippen molar-refractivity contribution in [3.8, 4) is 5.75 Å². The Morgan fingerprint density at radius 3 is 2.78 bits per heavy atom. The summed E-state index contributed by atoms with van der Waals surface area (Å²) in [5.41, 5.74) is 1.20. The average molecular weight is 261 g/mol. The van der Waals surface area contributed by atoms with Crippen molar-refractivity contribution in [1.82, 2.24) is 0 Å². The Labute approximate surface area is 101 Å². The first-order valence-electron chi connectivity index (χ1n) is 5.12. The molecule has 0 saturated heterocycles. The predicted octanol–water partition coefficient (Wildman–Crippen LogP) is 2.09. The van der Waals surface area contributed by atoms with Gasteiger partial charge < -0.3 is 14.8 Å². The molecular weight excluding hydrogens is 251 g/mol. The Kier molecular flexibility index (Phi) is 3.06. The molecule has 1 heterocycles. The van der Waals surface area contributed by atoms with Crippen molar-refractivity contribution in [2.75, 3.05) is 12.4 Å². The Balaban J connectivity index is 2.15. The summed E-state index contributed by atoms with van der Waals surface area (Å²) in [5.74, 6) is -0.752. The molecule has 1 atom stereocenters. The summed E-state index contributed by atoms with van der Waals surface area (Å²) in [4.78, 5) is 11.3. The summed E-state index contributed by atoms with van der Waals surface area (Å²) in [6.45, 7) is 0. The van der Waals surface area contributed by atoms with E-state index in [9.17, 15) is 18.0 Å². The third-order valence-electron chi connectivity index (χ3n) is 2.55. The van der Waals surface area contributed by atoms with E-state index in [2.05, 4.69) is 14.8 Å². The topological polar surface area (TPSA) is 47.6 Å². The lowest BCUT2D eigenvalue weighted by atomic mass is 10.1. The third kappa shape index (κ3) is 2.66. The fourth-order valence-electron chi connectivity index (χ4n) is 1.82. The first-order chi connectivity index (χ1) is 8.39. The minimum Gasteiger partial charge on any atom is -0.467 e. The molecule has 0 saturated carbocycles. The summed E-state index contributed by atoms with van der Waals surface area (Å²) in [7, 11) is 1.26. The van der Waals surface area contributed by atoms with Crippen LogP contribution < -0.4 is 10.1 Å². The summed E-state index contributed by atoms with van der Waals surface area (Å²) in [5, 5.41) is 2.86. The molecule has 0 aromatic heterocycles. The second-order valence-electron chi connectivity index (χ2n) is 3.79. The van der Waals surface area contributed by atoms with Crippen LogP contribution in [0.1, 0.15) is 5.56 Å². The summed E-state index contributed by atoms with van der Waals surface area (Å²) >= 11 is 0. The van der Waals surface area contributed by atoms with Crippen molar-refractivity contribution in [2.45, 2.75) is 18.8 Å². The molecule has 1 unspecified atom stereocenters. The zero-order chi connectivity index (χ0) is 13.3. The van der Waals surface area contributed by atoms with Crippen LogP contribution in [0.4, 0.5) is 18.9 Å². The van der Waals surface area contributed by atoms with E-state index in [1.54, 1.807) is 0 Å². The number of hydrogen-bond donors (Lipinski definition) is 1. The van der Waals surface area contributed by atoms with Gasteiger partial charge in [0.1, 0.15) is 11.8 Å². The van der Waals surface area contributed by atoms with E-state index < -0.39 is 18.4 Å². The number of carbonyl (C=O) groups is 1. The van der Waals surface area contributed by atoms with Gasteiger partial charge in [-0.1, -0.05) is 0 Å². The SMILES string of the molecule is COC(=O)C1Cc2cc(OC(F)(F)F)ccc2N1. The van der Waals surface area contributed by atoms with E-state index >= 15 is 0 Å². The van der Waals surface area contributed by atoms with Crippen LogP contribution in [0.15, 0.2) is 18.2 Å². The van der Waals surface area contributed by atoms with Crippen molar-refractivity contribution in [2.24, 2.45) is 0 Å². The maximum atomic E-state index is 12.0. The van der Waals surface area contributed by atoms with Crippen molar-refractivity contribution in [3.63, 3.8) is 0 Å². The molecular formula is C11H10F3NO3. The third-order valence-corrected chi connectivity index (χ3v) is 2.55.